The maximum absolute atomic E-state index is 6.23. The van der Waals surface area contributed by atoms with E-state index in [0.29, 0.717) is 23.8 Å². The number of anilines is 3. The Morgan fingerprint density at radius 2 is 1.97 bits per heavy atom. The smallest absolute Gasteiger partial charge is 0.248 e. The van der Waals surface area contributed by atoms with Crippen LogP contribution in [0.1, 0.15) is 36.1 Å². The summed E-state index contributed by atoms with van der Waals surface area (Å²) in [7, 11) is 2.20. The molecule has 1 atom stereocenters. The Bertz CT molecular complexity index is 1410. The third kappa shape index (κ3) is 4.63. The number of aryl methyl sites for hydroxylation is 2. The first kappa shape index (κ1) is 23.5. The molecule has 188 valence electrons. The van der Waals surface area contributed by atoms with E-state index in [9.17, 15) is 0 Å². The first-order chi connectivity index (χ1) is 17.4. The van der Waals surface area contributed by atoms with E-state index in [4.69, 9.17) is 22.3 Å². The summed E-state index contributed by atoms with van der Waals surface area (Å²) in [4.78, 5) is 20.3. The molecule has 1 aliphatic carbocycles. The number of fused-ring (bicyclic) bond motifs is 2. The van der Waals surface area contributed by atoms with E-state index in [1.807, 2.05) is 18.5 Å². The van der Waals surface area contributed by atoms with Crippen LogP contribution in [-0.2, 0) is 12.8 Å². The molecule has 0 spiro atoms. The molecular weight excluding hydrogens is 496 g/mol. The molecule has 10 nitrogen and oxygen atoms in total. The van der Waals surface area contributed by atoms with Crippen LogP contribution in [0.25, 0.3) is 16.0 Å². The number of nitrogens with two attached hydrogens (primary N) is 1. The van der Waals surface area contributed by atoms with Gasteiger partial charge in [-0.3, -0.25) is 4.98 Å². The third-order valence-electron chi connectivity index (χ3n) is 7.08. The lowest BCUT2D eigenvalue weighted by Crippen LogP contribution is -2.47. The second-order valence-electron chi connectivity index (χ2n) is 9.76. The molecule has 1 aliphatic heterocycles. The van der Waals surface area contributed by atoms with Gasteiger partial charge in [0, 0.05) is 17.8 Å². The van der Waals surface area contributed by atoms with Crippen molar-refractivity contribution in [3.05, 3.63) is 39.7 Å². The van der Waals surface area contributed by atoms with Gasteiger partial charge in [0.2, 0.25) is 17.2 Å². The van der Waals surface area contributed by atoms with Gasteiger partial charge < -0.3 is 21.3 Å². The van der Waals surface area contributed by atoms with Crippen molar-refractivity contribution in [2.24, 2.45) is 0 Å². The molecule has 4 N–H and O–H groups in total. The highest BCUT2D eigenvalue weighted by atomic mass is 35.5. The van der Waals surface area contributed by atoms with Crippen molar-refractivity contribution in [3.8, 4) is 5.82 Å². The molecule has 0 amide bonds. The summed E-state index contributed by atoms with van der Waals surface area (Å²) >= 11 is 7.72. The highest BCUT2D eigenvalue weighted by Crippen LogP contribution is 2.31. The van der Waals surface area contributed by atoms with Crippen molar-refractivity contribution in [1.82, 2.24) is 39.9 Å². The van der Waals surface area contributed by atoms with E-state index in [2.05, 4.69) is 48.7 Å². The summed E-state index contributed by atoms with van der Waals surface area (Å²) in [5.41, 5.74) is 11.3. The zero-order chi connectivity index (χ0) is 24.8. The molecular formula is C24H29ClN10S. The molecule has 4 aromatic heterocycles. The lowest BCUT2D eigenvalue weighted by molar-refractivity contribution is 0.220. The van der Waals surface area contributed by atoms with Gasteiger partial charge in [-0.1, -0.05) is 0 Å². The molecule has 5 heterocycles. The van der Waals surface area contributed by atoms with E-state index in [-0.39, 0.29) is 11.2 Å². The van der Waals surface area contributed by atoms with E-state index in [1.165, 1.54) is 40.1 Å². The SMILES string of the molecule is Cc1csc2c(-n3nc(Nc4cnc5c(c4)CC(NC4CCN(C)CC4)CC5)nc3N)nc(Cl)nc12. The molecule has 36 heavy (non-hydrogen) atoms. The van der Waals surface area contributed by atoms with Crippen molar-refractivity contribution in [2.75, 3.05) is 31.2 Å². The van der Waals surface area contributed by atoms with Crippen LogP contribution >= 0.6 is 22.9 Å². The van der Waals surface area contributed by atoms with Gasteiger partial charge >= 0.3 is 0 Å². The Morgan fingerprint density at radius 1 is 1.14 bits per heavy atom. The Hall–Kier alpha value is -2.86. The summed E-state index contributed by atoms with van der Waals surface area (Å²) < 4.78 is 2.36. The second kappa shape index (κ2) is 9.55. The van der Waals surface area contributed by atoms with Crippen LogP contribution in [0.2, 0.25) is 5.28 Å². The normalized spacial score (nSPS) is 19.0. The van der Waals surface area contributed by atoms with Gasteiger partial charge in [-0.25, -0.2) is 4.98 Å². The standard InChI is InChI=1S/C24H29ClN10S/c1-13-12-36-20-19(13)30-22(25)31-21(20)35-23(26)32-24(33-35)29-17-10-14-9-16(3-4-18(14)27-11-17)28-15-5-7-34(2)8-6-15/h10-12,15-16,28H,3-9H2,1-2H3,(H3,26,29,32,33). The van der Waals surface area contributed by atoms with Crippen molar-refractivity contribution in [3.63, 3.8) is 0 Å². The van der Waals surface area contributed by atoms with Crippen LogP contribution in [0.15, 0.2) is 17.6 Å². The fourth-order valence-corrected chi connectivity index (χ4v) is 6.26. The minimum Gasteiger partial charge on any atom is -0.368 e. The average molecular weight is 525 g/mol. The van der Waals surface area contributed by atoms with Gasteiger partial charge in [-0.2, -0.15) is 14.6 Å². The zero-order valence-electron chi connectivity index (χ0n) is 20.3. The predicted octanol–water partition coefficient (Wildman–Crippen LogP) is 3.50. The molecule has 0 bridgehead atoms. The molecule has 1 unspecified atom stereocenters. The van der Waals surface area contributed by atoms with Gasteiger partial charge in [0.1, 0.15) is 0 Å². The molecule has 0 saturated carbocycles. The Morgan fingerprint density at radius 3 is 2.81 bits per heavy atom. The highest BCUT2D eigenvalue weighted by Gasteiger charge is 2.25. The van der Waals surface area contributed by atoms with Crippen LogP contribution < -0.4 is 16.4 Å². The Labute approximate surface area is 218 Å². The van der Waals surface area contributed by atoms with Crippen LogP contribution in [0, 0.1) is 6.92 Å². The number of nitrogens with zero attached hydrogens (tertiary/aromatic N) is 7. The molecule has 4 aromatic rings. The molecule has 2 aliphatic rings. The summed E-state index contributed by atoms with van der Waals surface area (Å²) in [6, 6.07) is 3.24. The van der Waals surface area contributed by atoms with E-state index in [0.717, 1.165) is 53.8 Å². The number of halogens is 1. The number of hydrogen-bond acceptors (Lipinski definition) is 10. The Kier molecular flexibility index (Phi) is 6.24. The van der Waals surface area contributed by atoms with E-state index >= 15 is 0 Å². The highest BCUT2D eigenvalue weighted by molar-refractivity contribution is 7.17. The molecule has 0 aromatic carbocycles. The van der Waals surface area contributed by atoms with Gasteiger partial charge in [-0.15, -0.1) is 16.4 Å². The summed E-state index contributed by atoms with van der Waals surface area (Å²) in [6.45, 7) is 4.32. The summed E-state index contributed by atoms with van der Waals surface area (Å²) in [6.07, 6.45) is 7.35. The molecule has 1 saturated heterocycles. The monoisotopic (exact) mass is 524 g/mol. The van der Waals surface area contributed by atoms with E-state index in [1.54, 1.807) is 0 Å². The van der Waals surface area contributed by atoms with Gasteiger partial charge in [0.25, 0.3) is 0 Å². The number of rotatable bonds is 5. The number of thiophene rings is 1. The molecule has 1 fully saturated rings. The first-order valence-electron chi connectivity index (χ1n) is 12.3. The topological polar surface area (TPSA) is 123 Å². The van der Waals surface area contributed by atoms with Crippen molar-refractivity contribution >= 4 is 50.7 Å². The number of piperidine rings is 1. The number of pyridine rings is 1. The van der Waals surface area contributed by atoms with Crippen LogP contribution in [0.4, 0.5) is 17.6 Å². The fourth-order valence-electron chi connectivity index (χ4n) is 5.13. The largest absolute Gasteiger partial charge is 0.368 e. The number of likely N-dealkylation sites (tertiary alicyclic amines) is 1. The third-order valence-corrected chi connectivity index (χ3v) is 8.33. The predicted molar refractivity (Wildman–Crippen MR) is 143 cm³/mol. The number of nitrogen functional groups attached to an aromatic ring is 1. The van der Waals surface area contributed by atoms with Gasteiger partial charge in [0.05, 0.1) is 22.1 Å². The van der Waals surface area contributed by atoms with Crippen molar-refractivity contribution < 1.29 is 0 Å². The van der Waals surface area contributed by atoms with Crippen LogP contribution in [0.5, 0.6) is 0 Å². The number of hydrogen-bond donors (Lipinski definition) is 3. The van der Waals surface area contributed by atoms with Gasteiger partial charge in [-0.05, 0) is 93.3 Å². The lowest BCUT2D eigenvalue weighted by Gasteiger charge is -2.34. The second-order valence-corrected chi connectivity index (χ2v) is 11.0. The molecule has 6 rings (SSSR count). The Balaban J connectivity index is 1.20. The van der Waals surface area contributed by atoms with Crippen molar-refractivity contribution in [1.29, 1.82) is 0 Å². The van der Waals surface area contributed by atoms with Crippen LogP contribution in [0.3, 0.4) is 0 Å². The zero-order valence-corrected chi connectivity index (χ0v) is 21.9. The van der Waals surface area contributed by atoms with Gasteiger partial charge in [0.15, 0.2) is 5.82 Å². The maximum Gasteiger partial charge on any atom is 0.248 e. The average Bonchev–Trinajstić information content (AvgIpc) is 3.41. The quantitative estimate of drug-likeness (QED) is 0.336. The maximum atomic E-state index is 6.23. The first-order valence-corrected chi connectivity index (χ1v) is 13.5. The lowest BCUT2D eigenvalue weighted by atomic mass is 9.90. The summed E-state index contributed by atoms with van der Waals surface area (Å²) in [5, 5.41) is 13.9. The fraction of sp³-hybridized carbons (Fsp3) is 0.458. The molecule has 0 radical (unpaired) electrons. The van der Waals surface area contributed by atoms with Crippen molar-refractivity contribution in [2.45, 2.75) is 51.1 Å². The van der Waals surface area contributed by atoms with E-state index < -0.39 is 0 Å². The minimum atomic E-state index is 0.144. The number of aromatic nitrogens is 6. The molecule has 12 heteroatoms. The number of nitrogens with one attached hydrogen (secondary N) is 2. The minimum absolute atomic E-state index is 0.144. The summed E-state index contributed by atoms with van der Waals surface area (Å²) in [5.74, 6) is 1.11. The van der Waals surface area contributed by atoms with Crippen LogP contribution in [-0.4, -0.2) is 66.8 Å².